The van der Waals surface area contributed by atoms with Gasteiger partial charge in [0.1, 0.15) is 11.4 Å². The van der Waals surface area contributed by atoms with Crippen LogP contribution in [0, 0.1) is 13.8 Å². The van der Waals surface area contributed by atoms with Crippen LogP contribution in [-0.2, 0) is 6.54 Å². The number of nitrogens with one attached hydrogen (secondary N) is 2. The van der Waals surface area contributed by atoms with Gasteiger partial charge in [0.15, 0.2) is 6.04 Å². The Morgan fingerprint density at radius 1 is 1.22 bits per heavy atom. The third-order valence-corrected chi connectivity index (χ3v) is 6.06. The first-order valence-corrected chi connectivity index (χ1v) is 10.5. The van der Waals surface area contributed by atoms with Gasteiger partial charge in [-0.25, -0.2) is 4.68 Å². The molecule has 1 aliphatic rings. The number of rotatable bonds is 4. The summed E-state index contributed by atoms with van der Waals surface area (Å²) >= 11 is 6.12. The molecule has 2 unspecified atom stereocenters. The van der Waals surface area contributed by atoms with Crippen molar-refractivity contribution in [2.45, 2.75) is 45.1 Å². The van der Waals surface area contributed by atoms with E-state index < -0.39 is 24.2 Å². The second-order valence-electron chi connectivity index (χ2n) is 8.02. The standard InChI is InChI=1S/C23H22ClF3N4O/c1-13-3-7-16(8-4-13)19-10-20(23(25,26)27)31-21(30-19)17(12-29-31)22(32)28-11-15-6-5-14(2)18(24)9-15/h3-9,12,19-20,30H,10-11H2,1-2H3,(H,28,32). The summed E-state index contributed by atoms with van der Waals surface area (Å²) in [5, 5.41) is 10.3. The van der Waals surface area contributed by atoms with Gasteiger partial charge in [-0.2, -0.15) is 18.3 Å². The molecule has 4 rings (SSSR count). The number of hydrogen-bond donors (Lipinski definition) is 2. The summed E-state index contributed by atoms with van der Waals surface area (Å²) in [5.74, 6) is -0.454. The highest BCUT2D eigenvalue weighted by Gasteiger charge is 2.47. The zero-order chi connectivity index (χ0) is 23.0. The van der Waals surface area contributed by atoms with E-state index in [1.165, 1.54) is 6.20 Å². The molecule has 0 aliphatic carbocycles. The molecule has 1 aromatic heterocycles. The van der Waals surface area contributed by atoms with Crippen molar-refractivity contribution < 1.29 is 18.0 Å². The number of anilines is 1. The molecule has 0 saturated carbocycles. The Balaban J connectivity index is 1.60. The van der Waals surface area contributed by atoms with Crippen LogP contribution < -0.4 is 10.6 Å². The Morgan fingerprint density at radius 3 is 2.59 bits per heavy atom. The Bertz CT molecular complexity index is 1140. The molecule has 0 saturated heterocycles. The number of benzene rings is 2. The van der Waals surface area contributed by atoms with Gasteiger partial charge < -0.3 is 10.6 Å². The molecule has 32 heavy (non-hydrogen) atoms. The topological polar surface area (TPSA) is 59.0 Å². The van der Waals surface area contributed by atoms with Gasteiger partial charge in [0.25, 0.3) is 5.91 Å². The van der Waals surface area contributed by atoms with Crippen molar-refractivity contribution in [2.75, 3.05) is 5.32 Å². The molecule has 168 valence electrons. The Hall–Kier alpha value is -3.00. The van der Waals surface area contributed by atoms with Crippen LogP contribution in [0.3, 0.4) is 0 Å². The second-order valence-corrected chi connectivity index (χ2v) is 8.43. The highest BCUT2D eigenvalue weighted by molar-refractivity contribution is 6.31. The van der Waals surface area contributed by atoms with Crippen molar-refractivity contribution in [3.8, 4) is 0 Å². The molecule has 9 heteroatoms. The normalized spacial score (nSPS) is 18.1. The maximum atomic E-state index is 13.8. The third kappa shape index (κ3) is 4.46. The summed E-state index contributed by atoms with van der Waals surface area (Å²) in [5.41, 5.74) is 3.50. The summed E-state index contributed by atoms with van der Waals surface area (Å²) in [7, 11) is 0. The minimum Gasteiger partial charge on any atom is -0.363 e. The van der Waals surface area contributed by atoms with Crippen molar-refractivity contribution in [1.82, 2.24) is 15.1 Å². The number of nitrogens with zero attached hydrogens (tertiary/aromatic N) is 2. The minimum atomic E-state index is -4.50. The fraction of sp³-hybridized carbons (Fsp3) is 0.304. The molecular weight excluding hydrogens is 441 g/mol. The fourth-order valence-corrected chi connectivity index (χ4v) is 3.97. The van der Waals surface area contributed by atoms with Crippen molar-refractivity contribution in [1.29, 1.82) is 0 Å². The Labute approximate surface area is 188 Å². The number of fused-ring (bicyclic) bond motifs is 1. The average molecular weight is 463 g/mol. The van der Waals surface area contributed by atoms with Crippen molar-refractivity contribution >= 4 is 23.3 Å². The highest BCUT2D eigenvalue weighted by atomic mass is 35.5. The molecule has 2 aromatic carbocycles. The highest BCUT2D eigenvalue weighted by Crippen LogP contribution is 2.44. The smallest absolute Gasteiger partial charge is 0.363 e. The lowest BCUT2D eigenvalue weighted by atomic mass is 9.96. The monoisotopic (exact) mass is 462 g/mol. The van der Waals surface area contributed by atoms with E-state index in [0.717, 1.165) is 26.9 Å². The Kier molecular flexibility index (Phi) is 5.90. The lowest BCUT2D eigenvalue weighted by Gasteiger charge is -2.34. The van der Waals surface area contributed by atoms with Crippen LogP contribution in [0.15, 0.2) is 48.7 Å². The average Bonchev–Trinajstić information content (AvgIpc) is 3.17. The number of hydrogen-bond acceptors (Lipinski definition) is 3. The first-order valence-electron chi connectivity index (χ1n) is 10.1. The molecule has 0 bridgehead atoms. The molecule has 0 fully saturated rings. The second kappa shape index (κ2) is 8.50. The summed E-state index contributed by atoms with van der Waals surface area (Å²) in [6.45, 7) is 3.97. The Morgan fingerprint density at radius 2 is 1.94 bits per heavy atom. The predicted octanol–water partition coefficient (Wildman–Crippen LogP) is 5.74. The number of halogens is 4. The van der Waals surface area contributed by atoms with Crippen molar-refractivity contribution in [3.63, 3.8) is 0 Å². The van der Waals surface area contributed by atoms with E-state index in [0.29, 0.717) is 5.02 Å². The van der Waals surface area contributed by atoms with Gasteiger partial charge in [-0.3, -0.25) is 4.79 Å². The van der Waals surface area contributed by atoms with E-state index in [1.807, 2.05) is 38.1 Å². The van der Waals surface area contributed by atoms with E-state index >= 15 is 0 Å². The van der Waals surface area contributed by atoms with Gasteiger partial charge in [-0.05, 0) is 36.6 Å². The predicted molar refractivity (Wildman–Crippen MR) is 117 cm³/mol. The summed E-state index contributed by atoms with van der Waals surface area (Å²) in [6, 6.07) is 10.3. The molecule has 2 heterocycles. The number of carbonyl (C=O) groups is 1. The number of aryl methyl sites for hydroxylation is 2. The summed E-state index contributed by atoms with van der Waals surface area (Å²) < 4.78 is 42.3. The van der Waals surface area contributed by atoms with Crippen LogP contribution in [-0.4, -0.2) is 21.9 Å². The van der Waals surface area contributed by atoms with Crippen molar-refractivity contribution in [2.24, 2.45) is 0 Å². The molecule has 2 N–H and O–H groups in total. The van der Waals surface area contributed by atoms with E-state index in [2.05, 4.69) is 15.7 Å². The van der Waals surface area contributed by atoms with Gasteiger partial charge in [0.2, 0.25) is 0 Å². The molecule has 0 spiro atoms. The quantitative estimate of drug-likeness (QED) is 0.519. The fourth-order valence-electron chi connectivity index (χ4n) is 3.77. The van der Waals surface area contributed by atoms with E-state index in [9.17, 15) is 18.0 Å². The van der Waals surface area contributed by atoms with Gasteiger partial charge in [-0.1, -0.05) is 53.6 Å². The van der Waals surface area contributed by atoms with Gasteiger partial charge in [-0.15, -0.1) is 0 Å². The minimum absolute atomic E-state index is 0.0589. The van der Waals surface area contributed by atoms with Crippen LogP contribution in [0.1, 0.15) is 51.1 Å². The maximum Gasteiger partial charge on any atom is 0.410 e. The number of amides is 1. The first kappa shape index (κ1) is 22.2. The molecule has 2 atom stereocenters. The van der Waals surface area contributed by atoms with Crippen LogP contribution in [0.5, 0.6) is 0 Å². The van der Waals surface area contributed by atoms with Crippen LogP contribution in [0.4, 0.5) is 19.0 Å². The zero-order valence-corrected chi connectivity index (χ0v) is 18.3. The van der Waals surface area contributed by atoms with Gasteiger partial charge in [0, 0.05) is 18.0 Å². The summed E-state index contributed by atoms with van der Waals surface area (Å²) in [4.78, 5) is 12.8. The van der Waals surface area contributed by atoms with Gasteiger partial charge in [0.05, 0.1) is 12.2 Å². The third-order valence-electron chi connectivity index (χ3n) is 5.65. The van der Waals surface area contributed by atoms with E-state index in [4.69, 9.17) is 11.6 Å². The number of aromatic nitrogens is 2. The largest absolute Gasteiger partial charge is 0.410 e. The summed E-state index contributed by atoms with van der Waals surface area (Å²) in [6.07, 6.45) is -3.54. The lowest BCUT2D eigenvalue weighted by molar-refractivity contribution is -0.173. The molecule has 1 aliphatic heterocycles. The zero-order valence-electron chi connectivity index (χ0n) is 17.5. The molecular formula is C23H22ClF3N4O. The van der Waals surface area contributed by atoms with Crippen LogP contribution in [0.2, 0.25) is 5.02 Å². The lowest BCUT2D eigenvalue weighted by Crippen LogP contribution is -2.36. The number of alkyl halides is 3. The molecule has 3 aromatic rings. The van der Waals surface area contributed by atoms with Gasteiger partial charge >= 0.3 is 6.18 Å². The molecule has 0 radical (unpaired) electrons. The van der Waals surface area contributed by atoms with E-state index in [-0.39, 0.29) is 24.3 Å². The maximum absolute atomic E-state index is 13.8. The first-order chi connectivity index (χ1) is 15.1. The number of carbonyl (C=O) groups excluding carboxylic acids is 1. The molecule has 5 nitrogen and oxygen atoms in total. The SMILES string of the molecule is Cc1ccc(C2CC(C(F)(F)F)n3ncc(C(=O)NCc4ccc(C)c(Cl)c4)c3N2)cc1. The van der Waals surface area contributed by atoms with E-state index in [1.54, 1.807) is 18.2 Å². The van der Waals surface area contributed by atoms with Crippen molar-refractivity contribution in [3.05, 3.63) is 81.5 Å². The van der Waals surface area contributed by atoms with Crippen LogP contribution >= 0.6 is 11.6 Å². The molecule has 1 amide bonds. The van der Waals surface area contributed by atoms with Crippen LogP contribution in [0.25, 0.3) is 0 Å².